The maximum Gasteiger partial charge on any atom is 0.330 e. The minimum Gasteiger partial charge on any atom is -0.277 e. The van der Waals surface area contributed by atoms with Crippen molar-refractivity contribution in [1.29, 1.82) is 0 Å². The third kappa shape index (κ3) is 1.19. The van der Waals surface area contributed by atoms with Crippen LogP contribution in [0.1, 0.15) is 25.7 Å². The van der Waals surface area contributed by atoms with Crippen molar-refractivity contribution < 1.29 is 14.4 Å². The summed E-state index contributed by atoms with van der Waals surface area (Å²) < 4.78 is 0. The second kappa shape index (κ2) is 2.59. The van der Waals surface area contributed by atoms with Gasteiger partial charge in [-0.2, -0.15) is 0 Å². The molecule has 5 heteroatoms. The van der Waals surface area contributed by atoms with Gasteiger partial charge in [-0.25, -0.2) is 4.79 Å². The topological polar surface area (TPSA) is 66.5 Å². The van der Waals surface area contributed by atoms with E-state index in [0.717, 1.165) is 12.8 Å². The smallest absolute Gasteiger partial charge is 0.277 e. The van der Waals surface area contributed by atoms with Crippen LogP contribution >= 0.6 is 0 Å². The molecule has 0 aromatic carbocycles. The van der Waals surface area contributed by atoms with Crippen LogP contribution in [0.2, 0.25) is 0 Å². The molecule has 1 heterocycles. The molecule has 1 aliphatic heterocycles. The molecule has 2 aliphatic carbocycles. The highest BCUT2D eigenvalue weighted by atomic mass is 16.2. The van der Waals surface area contributed by atoms with Gasteiger partial charge in [0.05, 0.1) is 0 Å². The Balaban J connectivity index is 1.83. The van der Waals surface area contributed by atoms with Gasteiger partial charge in [-0.3, -0.25) is 19.8 Å². The highest BCUT2D eigenvalue weighted by Gasteiger charge is 2.62. The van der Waals surface area contributed by atoms with Crippen LogP contribution in [0.3, 0.4) is 0 Å². The van der Waals surface area contributed by atoms with E-state index in [9.17, 15) is 14.4 Å². The van der Waals surface area contributed by atoms with Crippen LogP contribution < -0.4 is 5.32 Å². The normalized spacial score (nSPS) is 28.3. The predicted molar refractivity (Wildman–Crippen MR) is 49.6 cm³/mol. The molecule has 80 valence electrons. The number of rotatable bonds is 2. The fraction of sp³-hybridized carbons (Fsp3) is 0.700. The Bertz CT molecular complexity index is 369. The van der Waals surface area contributed by atoms with Gasteiger partial charge < -0.3 is 0 Å². The molecule has 0 atom stereocenters. The third-order valence-electron chi connectivity index (χ3n) is 3.44. The molecule has 4 amide bonds. The van der Waals surface area contributed by atoms with E-state index in [1.807, 2.05) is 0 Å². The molecule has 15 heavy (non-hydrogen) atoms. The Labute approximate surface area is 86.8 Å². The summed E-state index contributed by atoms with van der Waals surface area (Å²) in [5, 5.41) is 2.27. The molecule has 3 aliphatic rings. The third-order valence-corrected chi connectivity index (χ3v) is 3.44. The molecule has 1 spiro atoms. The minimum atomic E-state index is -0.872. The number of urea groups is 1. The van der Waals surface area contributed by atoms with Crippen LogP contribution in [0.15, 0.2) is 0 Å². The van der Waals surface area contributed by atoms with Crippen molar-refractivity contribution in [2.45, 2.75) is 25.7 Å². The van der Waals surface area contributed by atoms with Crippen molar-refractivity contribution in [2.24, 2.45) is 11.3 Å². The van der Waals surface area contributed by atoms with E-state index in [4.69, 9.17) is 0 Å². The molecule has 1 N–H and O–H groups in total. The van der Waals surface area contributed by atoms with Crippen LogP contribution in [-0.2, 0) is 9.59 Å². The number of amides is 4. The number of nitrogens with one attached hydrogen (secondary N) is 1. The van der Waals surface area contributed by atoms with E-state index < -0.39 is 17.4 Å². The summed E-state index contributed by atoms with van der Waals surface area (Å²) in [5.74, 6) is -0.212. The van der Waals surface area contributed by atoms with Crippen LogP contribution in [0.4, 0.5) is 4.79 Å². The summed E-state index contributed by atoms with van der Waals surface area (Å²) in [7, 11) is 0. The van der Waals surface area contributed by atoms with Gasteiger partial charge in [0.15, 0.2) is 0 Å². The zero-order chi connectivity index (χ0) is 10.6. The van der Waals surface area contributed by atoms with Gasteiger partial charge in [0.2, 0.25) is 11.8 Å². The Kier molecular flexibility index (Phi) is 1.53. The second-order valence-corrected chi connectivity index (χ2v) is 4.70. The number of imide groups is 2. The average Bonchev–Trinajstić information content (AvgIpc) is 3.04. The van der Waals surface area contributed by atoms with Gasteiger partial charge >= 0.3 is 6.03 Å². The molecule has 0 radical (unpaired) electrons. The van der Waals surface area contributed by atoms with E-state index in [0.29, 0.717) is 25.3 Å². The number of hydrogen-bond acceptors (Lipinski definition) is 3. The molecule has 0 aromatic heterocycles. The van der Waals surface area contributed by atoms with Gasteiger partial charge in [-0.15, -0.1) is 0 Å². The quantitative estimate of drug-likeness (QED) is 0.662. The first kappa shape index (κ1) is 8.88. The summed E-state index contributed by atoms with van der Waals surface area (Å²) >= 11 is 0. The van der Waals surface area contributed by atoms with Gasteiger partial charge in [0.25, 0.3) is 0 Å². The number of carbonyl (C=O) groups excluding carboxylic acids is 3. The number of nitrogens with zero attached hydrogens (tertiary/aromatic N) is 1. The SMILES string of the molecule is O=C1NC(=O)C2(CC2)C(=O)N1CC1CC1. The standard InChI is InChI=1S/C10H12N2O3/c13-7-10(3-4-10)8(14)12(9(15)11-7)5-6-1-2-6/h6H,1-5H2,(H,11,13,15). The monoisotopic (exact) mass is 208 g/mol. The van der Waals surface area contributed by atoms with E-state index in [-0.39, 0.29) is 5.91 Å². The van der Waals surface area contributed by atoms with Crippen LogP contribution in [0, 0.1) is 11.3 Å². The highest BCUT2D eigenvalue weighted by Crippen LogP contribution is 2.49. The van der Waals surface area contributed by atoms with E-state index in [1.165, 1.54) is 4.90 Å². The summed E-state index contributed by atoms with van der Waals surface area (Å²) in [5.41, 5.74) is -0.872. The van der Waals surface area contributed by atoms with Gasteiger partial charge in [-0.1, -0.05) is 0 Å². The molecule has 3 fully saturated rings. The average molecular weight is 208 g/mol. The largest absolute Gasteiger partial charge is 0.330 e. The molecular formula is C10H12N2O3. The summed E-state index contributed by atoms with van der Waals surface area (Å²) in [4.78, 5) is 36.1. The van der Waals surface area contributed by atoms with Crippen LogP contribution in [-0.4, -0.2) is 29.3 Å². The first-order valence-corrected chi connectivity index (χ1v) is 5.31. The van der Waals surface area contributed by atoms with Crippen molar-refractivity contribution in [3.8, 4) is 0 Å². The van der Waals surface area contributed by atoms with Crippen molar-refractivity contribution in [3.05, 3.63) is 0 Å². The van der Waals surface area contributed by atoms with Crippen LogP contribution in [0.5, 0.6) is 0 Å². The second-order valence-electron chi connectivity index (χ2n) is 4.70. The van der Waals surface area contributed by atoms with Gasteiger partial charge in [0, 0.05) is 6.54 Å². The molecule has 1 saturated heterocycles. The Morgan fingerprint density at radius 1 is 1.27 bits per heavy atom. The Morgan fingerprint density at radius 3 is 2.47 bits per heavy atom. The van der Waals surface area contributed by atoms with Gasteiger partial charge in [-0.05, 0) is 31.6 Å². The fourth-order valence-corrected chi connectivity index (χ4v) is 2.02. The number of hydrogen-bond donors (Lipinski definition) is 1. The lowest BCUT2D eigenvalue weighted by atomic mass is 10.0. The van der Waals surface area contributed by atoms with Gasteiger partial charge in [0.1, 0.15) is 5.41 Å². The van der Waals surface area contributed by atoms with E-state index in [2.05, 4.69) is 5.32 Å². The van der Waals surface area contributed by atoms with Crippen molar-refractivity contribution in [1.82, 2.24) is 10.2 Å². The predicted octanol–water partition coefficient (Wildman–Crippen LogP) is 0.255. The summed E-state index contributed by atoms with van der Waals surface area (Å²) in [6, 6.07) is -0.533. The zero-order valence-electron chi connectivity index (χ0n) is 8.28. The van der Waals surface area contributed by atoms with Crippen molar-refractivity contribution in [3.63, 3.8) is 0 Å². The highest BCUT2D eigenvalue weighted by molar-refractivity contribution is 6.20. The molecule has 0 bridgehead atoms. The molecule has 5 nitrogen and oxygen atoms in total. The maximum atomic E-state index is 11.9. The molecule has 0 unspecified atom stereocenters. The zero-order valence-corrected chi connectivity index (χ0v) is 8.28. The molecular weight excluding hydrogens is 196 g/mol. The lowest BCUT2D eigenvalue weighted by molar-refractivity contribution is -0.144. The minimum absolute atomic E-state index is 0.275. The first-order valence-electron chi connectivity index (χ1n) is 5.31. The lowest BCUT2D eigenvalue weighted by Crippen LogP contribution is -2.59. The number of carbonyl (C=O) groups is 3. The van der Waals surface area contributed by atoms with Crippen molar-refractivity contribution in [2.75, 3.05) is 6.54 Å². The summed E-state index contributed by atoms with van der Waals surface area (Å²) in [6.07, 6.45) is 3.34. The lowest BCUT2D eigenvalue weighted by Gasteiger charge is -2.30. The summed E-state index contributed by atoms with van der Waals surface area (Å²) in [6.45, 7) is 0.486. The Morgan fingerprint density at radius 2 is 1.93 bits per heavy atom. The fourth-order valence-electron chi connectivity index (χ4n) is 2.02. The molecule has 2 saturated carbocycles. The molecule has 3 rings (SSSR count). The number of barbiturate groups is 1. The Hall–Kier alpha value is -1.39. The molecule has 0 aromatic rings. The van der Waals surface area contributed by atoms with E-state index >= 15 is 0 Å². The maximum absolute atomic E-state index is 11.9. The van der Waals surface area contributed by atoms with Crippen LogP contribution in [0.25, 0.3) is 0 Å². The van der Waals surface area contributed by atoms with Crippen molar-refractivity contribution >= 4 is 17.8 Å². The van der Waals surface area contributed by atoms with E-state index in [1.54, 1.807) is 0 Å². The first-order chi connectivity index (χ1) is 7.13.